The average molecular weight is 186 g/mol. The van der Waals surface area contributed by atoms with Crippen molar-refractivity contribution < 1.29 is 4.84 Å². The Hall–Kier alpha value is -0.570. The molecule has 0 bridgehead atoms. The zero-order valence-electron chi connectivity index (χ0n) is 7.23. The molecule has 1 aromatic carbocycles. The summed E-state index contributed by atoms with van der Waals surface area (Å²) >= 11 is 5.80. The molecule has 12 heavy (non-hydrogen) atoms. The lowest BCUT2D eigenvalue weighted by Crippen LogP contribution is -2.11. The molecule has 0 spiro atoms. The van der Waals surface area contributed by atoms with Gasteiger partial charge in [-0.3, -0.25) is 0 Å². The number of rotatable bonds is 3. The molecule has 1 aromatic rings. The lowest BCUT2D eigenvalue weighted by molar-refractivity contribution is 0.0866. The third-order valence-electron chi connectivity index (χ3n) is 1.71. The maximum Gasteiger partial charge on any atom is 0.0572 e. The minimum atomic E-state index is 0.708. The first-order chi connectivity index (χ1) is 5.74. The fourth-order valence-electron chi connectivity index (χ4n) is 1.01. The van der Waals surface area contributed by atoms with Crippen molar-refractivity contribution in [2.45, 2.75) is 13.5 Å². The van der Waals surface area contributed by atoms with E-state index in [0.29, 0.717) is 6.54 Å². The maximum atomic E-state index is 5.80. The summed E-state index contributed by atoms with van der Waals surface area (Å²) in [5.74, 6) is 0. The Labute approximate surface area is 77.4 Å². The van der Waals surface area contributed by atoms with Crippen LogP contribution in [-0.2, 0) is 11.4 Å². The highest BCUT2D eigenvalue weighted by Gasteiger charge is 1.97. The van der Waals surface area contributed by atoms with Crippen LogP contribution in [0.2, 0.25) is 5.02 Å². The van der Waals surface area contributed by atoms with Gasteiger partial charge in [-0.1, -0.05) is 17.7 Å². The van der Waals surface area contributed by atoms with Gasteiger partial charge in [0.1, 0.15) is 0 Å². The van der Waals surface area contributed by atoms with Gasteiger partial charge in [0.15, 0.2) is 0 Å². The van der Waals surface area contributed by atoms with E-state index in [4.69, 9.17) is 16.4 Å². The van der Waals surface area contributed by atoms with Crippen LogP contribution in [0.3, 0.4) is 0 Å². The molecule has 0 saturated carbocycles. The third kappa shape index (κ3) is 2.48. The molecule has 0 aliphatic carbocycles. The first kappa shape index (κ1) is 9.52. The number of hydrogen-bond donors (Lipinski definition) is 1. The summed E-state index contributed by atoms with van der Waals surface area (Å²) in [6.07, 6.45) is 0. The Morgan fingerprint density at radius 1 is 1.50 bits per heavy atom. The van der Waals surface area contributed by atoms with Gasteiger partial charge in [0.2, 0.25) is 0 Å². The SMILES string of the molecule is CONCc1ccc(Cl)cc1C. The lowest BCUT2D eigenvalue weighted by Gasteiger charge is -2.05. The van der Waals surface area contributed by atoms with Crippen LogP contribution in [0.1, 0.15) is 11.1 Å². The highest BCUT2D eigenvalue weighted by Crippen LogP contribution is 2.14. The van der Waals surface area contributed by atoms with E-state index in [1.54, 1.807) is 7.11 Å². The van der Waals surface area contributed by atoms with Crippen LogP contribution in [0.15, 0.2) is 18.2 Å². The molecule has 1 N–H and O–H groups in total. The van der Waals surface area contributed by atoms with Gasteiger partial charge in [-0.25, -0.2) is 0 Å². The summed E-state index contributed by atoms with van der Waals surface area (Å²) in [7, 11) is 1.60. The Bertz CT molecular complexity index is 263. The van der Waals surface area contributed by atoms with E-state index in [-0.39, 0.29) is 0 Å². The van der Waals surface area contributed by atoms with Crippen molar-refractivity contribution in [1.82, 2.24) is 5.48 Å². The number of halogens is 1. The van der Waals surface area contributed by atoms with Crippen molar-refractivity contribution in [3.63, 3.8) is 0 Å². The van der Waals surface area contributed by atoms with Gasteiger partial charge < -0.3 is 4.84 Å². The molecule has 1 rings (SSSR count). The fourth-order valence-corrected chi connectivity index (χ4v) is 1.23. The molecule has 2 nitrogen and oxygen atoms in total. The number of nitrogens with one attached hydrogen (secondary N) is 1. The molecule has 0 saturated heterocycles. The highest BCUT2D eigenvalue weighted by molar-refractivity contribution is 6.30. The number of benzene rings is 1. The van der Waals surface area contributed by atoms with E-state index in [1.807, 2.05) is 25.1 Å². The topological polar surface area (TPSA) is 21.3 Å². The summed E-state index contributed by atoms with van der Waals surface area (Å²) in [5, 5.41) is 0.772. The molecule has 0 aromatic heterocycles. The predicted octanol–water partition coefficient (Wildman–Crippen LogP) is 2.30. The van der Waals surface area contributed by atoms with Crippen LogP contribution < -0.4 is 5.48 Å². The van der Waals surface area contributed by atoms with Gasteiger partial charge in [0, 0.05) is 11.6 Å². The van der Waals surface area contributed by atoms with Gasteiger partial charge in [-0.05, 0) is 30.2 Å². The summed E-state index contributed by atoms with van der Waals surface area (Å²) in [6, 6.07) is 5.80. The molecule has 0 aliphatic heterocycles. The summed E-state index contributed by atoms with van der Waals surface area (Å²) in [4.78, 5) is 4.75. The van der Waals surface area contributed by atoms with Crippen LogP contribution in [-0.4, -0.2) is 7.11 Å². The van der Waals surface area contributed by atoms with Gasteiger partial charge in [-0.2, -0.15) is 5.48 Å². The van der Waals surface area contributed by atoms with E-state index >= 15 is 0 Å². The predicted molar refractivity (Wildman–Crippen MR) is 50.0 cm³/mol. The van der Waals surface area contributed by atoms with E-state index in [9.17, 15) is 0 Å². The number of aryl methyl sites for hydroxylation is 1. The van der Waals surface area contributed by atoms with Crippen molar-refractivity contribution in [2.24, 2.45) is 0 Å². The second-order valence-corrected chi connectivity index (χ2v) is 3.03. The van der Waals surface area contributed by atoms with Crippen molar-refractivity contribution in [3.05, 3.63) is 34.3 Å². The second kappa shape index (κ2) is 4.45. The van der Waals surface area contributed by atoms with Crippen LogP contribution >= 0.6 is 11.6 Å². The summed E-state index contributed by atoms with van der Waals surface area (Å²) in [6.45, 7) is 2.73. The maximum absolute atomic E-state index is 5.80. The molecule has 66 valence electrons. The van der Waals surface area contributed by atoms with Gasteiger partial charge >= 0.3 is 0 Å². The van der Waals surface area contributed by atoms with E-state index in [0.717, 1.165) is 5.02 Å². The highest BCUT2D eigenvalue weighted by atomic mass is 35.5. The van der Waals surface area contributed by atoms with Crippen molar-refractivity contribution in [3.8, 4) is 0 Å². The summed E-state index contributed by atoms with van der Waals surface area (Å²) < 4.78 is 0. The minimum absolute atomic E-state index is 0.708. The molecular weight excluding hydrogens is 174 g/mol. The fraction of sp³-hybridized carbons (Fsp3) is 0.333. The van der Waals surface area contributed by atoms with Crippen molar-refractivity contribution in [2.75, 3.05) is 7.11 Å². The molecule has 0 aliphatic rings. The van der Waals surface area contributed by atoms with E-state index < -0.39 is 0 Å². The largest absolute Gasteiger partial charge is 0.305 e. The molecule has 0 amide bonds. The molecule has 3 heteroatoms. The normalized spacial score (nSPS) is 10.2. The van der Waals surface area contributed by atoms with Crippen LogP contribution in [0.4, 0.5) is 0 Å². The zero-order chi connectivity index (χ0) is 8.97. The Morgan fingerprint density at radius 3 is 2.83 bits per heavy atom. The van der Waals surface area contributed by atoms with Gasteiger partial charge in [0.25, 0.3) is 0 Å². The van der Waals surface area contributed by atoms with Crippen molar-refractivity contribution >= 4 is 11.6 Å². The van der Waals surface area contributed by atoms with Crippen molar-refractivity contribution in [1.29, 1.82) is 0 Å². The van der Waals surface area contributed by atoms with Gasteiger partial charge in [-0.15, -0.1) is 0 Å². The molecular formula is C9H12ClNO. The first-order valence-corrected chi connectivity index (χ1v) is 4.12. The molecule has 0 fully saturated rings. The molecule has 0 radical (unpaired) electrons. The monoisotopic (exact) mass is 185 g/mol. The second-order valence-electron chi connectivity index (χ2n) is 2.60. The number of hydroxylamine groups is 1. The first-order valence-electron chi connectivity index (χ1n) is 3.75. The standard InChI is InChI=1S/C9H12ClNO/c1-7-5-9(10)4-3-8(7)6-11-12-2/h3-5,11H,6H2,1-2H3. The lowest BCUT2D eigenvalue weighted by atomic mass is 10.1. The van der Waals surface area contributed by atoms with E-state index in [2.05, 4.69) is 5.48 Å². The number of hydrogen-bond acceptors (Lipinski definition) is 2. The third-order valence-corrected chi connectivity index (χ3v) is 1.95. The van der Waals surface area contributed by atoms with E-state index in [1.165, 1.54) is 11.1 Å². The molecule has 0 unspecified atom stereocenters. The smallest absolute Gasteiger partial charge is 0.0572 e. The van der Waals surface area contributed by atoms with Crippen LogP contribution in [0.25, 0.3) is 0 Å². The van der Waals surface area contributed by atoms with Crippen LogP contribution in [0.5, 0.6) is 0 Å². The molecule has 0 atom stereocenters. The van der Waals surface area contributed by atoms with Crippen LogP contribution in [0, 0.1) is 6.92 Å². The average Bonchev–Trinajstić information content (AvgIpc) is 2.03. The Kier molecular flexibility index (Phi) is 3.53. The zero-order valence-corrected chi connectivity index (χ0v) is 7.98. The Balaban J connectivity index is 2.72. The quantitative estimate of drug-likeness (QED) is 0.730. The molecule has 0 heterocycles. The minimum Gasteiger partial charge on any atom is -0.305 e. The Morgan fingerprint density at radius 2 is 2.25 bits per heavy atom. The summed E-state index contributed by atoms with van der Waals surface area (Å²) in [5.41, 5.74) is 5.15. The van der Waals surface area contributed by atoms with Gasteiger partial charge in [0.05, 0.1) is 7.11 Å².